The van der Waals surface area contributed by atoms with Gasteiger partial charge < -0.3 is 25.2 Å². The zero-order valence-corrected chi connectivity index (χ0v) is 17.7. The van der Waals surface area contributed by atoms with Gasteiger partial charge in [0.1, 0.15) is 0 Å². The quantitative estimate of drug-likeness (QED) is 0.611. The summed E-state index contributed by atoms with van der Waals surface area (Å²) in [6.45, 7) is 2.64. The average molecular weight is 419 g/mol. The van der Waals surface area contributed by atoms with E-state index in [9.17, 15) is 9.90 Å². The van der Waals surface area contributed by atoms with Crippen molar-refractivity contribution >= 4 is 23.2 Å². The largest absolute Gasteiger partial charge is 0.493 e. The van der Waals surface area contributed by atoms with E-state index in [-0.39, 0.29) is 11.9 Å². The maximum absolute atomic E-state index is 11.6. The lowest BCUT2D eigenvalue weighted by Crippen LogP contribution is -2.33. The van der Waals surface area contributed by atoms with Crippen molar-refractivity contribution in [3.8, 4) is 11.5 Å². The molecule has 0 aromatic heterocycles. The first-order valence-corrected chi connectivity index (χ1v) is 10.0. The highest BCUT2D eigenvalue weighted by Gasteiger charge is 2.22. The van der Waals surface area contributed by atoms with Crippen LogP contribution in [0.2, 0.25) is 5.02 Å². The summed E-state index contributed by atoms with van der Waals surface area (Å²) in [5, 5.41) is 17.4. The number of carbonyl (C=O) groups is 1. The lowest BCUT2D eigenvalue weighted by Gasteiger charge is -2.24. The van der Waals surface area contributed by atoms with E-state index >= 15 is 0 Å². The van der Waals surface area contributed by atoms with Gasteiger partial charge in [0.15, 0.2) is 11.5 Å². The van der Waals surface area contributed by atoms with E-state index in [4.69, 9.17) is 21.1 Å². The fraction of sp³-hybridized carbons (Fsp3) is 0.409. The van der Waals surface area contributed by atoms with Crippen LogP contribution in [0.5, 0.6) is 11.5 Å². The number of aliphatic hydroxyl groups is 1. The van der Waals surface area contributed by atoms with Crippen LogP contribution in [0.15, 0.2) is 30.3 Å². The first-order valence-electron chi connectivity index (χ1n) is 9.67. The molecule has 0 spiro atoms. The number of fused-ring (bicyclic) bond motifs is 1. The van der Waals surface area contributed by atoms with Crippen molar-refractivity contribution in [1.82, 2.24) is 5.32 Å². The number of aliphatic hydroxyl groups excluding tert-OH is 1. The Balaban J connectivity index is 1.60. The number of carbonyl (C=O) groups excluding carboxylic acids is 1. The first kappa shape index (κ1) is 21.4. The molecule has 6 nitrogen and oxygen atoms in total. The van der Waals surface area contributed by atoms with Crippen LogP contribution in [0.25, 0.3) is 0 Å². The normalized spacial score (nSPS) is 15.3. The molecule has 29 heavy (non-hydrogen) atoms. The topological polar surface area (TPSA) is 79.8 Å². The van der Waals surface area contributed by atoms with Gasteiger partial charge in [0.2, 0.25) is 5.91 Å². The molecule has 0 radical (unpaired) electrons. The molecule has 0 fully saturated rings. The van der Waals surface area contributed by atoms with Gasteiger partial charge in [0, 0.05) is 12.5 Å². The predicted octanol–water partition coefficient (Wildman–Crippen LogP) is 3.50. The van der Waals surface area contributed by atoms with Gasteiger partial charge in [-0.15, -0.1) is 0 Å². The van der Waals surface area contributed by atoms with Crippen LogP contribution >= 0.6 is 11.6 Å². The predicted molar refractivity (Wildman–Crippen MR) is 114 cm³/mol. The molecule has 1 aliphatic rings. The van der Waals surface area contributed by atoms with Crippen molar-refractivity contribution in [2.75, 3.05) is 26.1 Å². The third-order valence-corrected chi connectivity index (χ3v) is 5.52. The fourth-order valence-electron chi connectivity index (χ4n) is 3.53. The number of halogens is 1. The Morgan fingerprint density at radius 3 is 2.66 bits per heavy atom. The number of aryl methyl sites for hydroxylation is 1. The smallest absolute Gasteiger partial charge is 0.224 e. The molecule has 0 aliphatic carbocycles. The van der Waals surface area contributed by atoms with E-state index in [1.54, 1.807) is 20.3 Å². The minimum atomic E-state index is -0.708. The van der Waals surface area contributed by atoms with E-state index < -0.39 is 6.10 Å². The molecule has 0 bridgehead atoms. The van der Waals surface area contributed by atoms with Gasteiger partial charge in [-0.1, -0.05) is 23.7 Å². The number of ether oxygens (including phenoxy) is 2. The summed E-state index contributed by atoms with van der Waals surface area (Å²) in [6, 6.07) is 9.34. The van der Waals surface area contributed by atoms with E-state index in [2.05, 4.69) is 10.6 Å². The number of anilines is 1. The SMILES string of the molecule is COc1ccc(CCNC(C)C(O)c2cc(Cl)c3c(c2)CCC(=O)N3)cc1OC. The summed E-state index contributed by atoms with van der Waals surface area (Å²) in [4.78, 5) is 11.6. The highest BCUT2D eigenvalue weighted by atomic mass is 35.5. The molecule has 2 unspecified atom stereocenters. The molecule has 3 rings (SSSR count). The van der Waals surface area contributed by atoms with Crippen molar-refractivity contribution < 1.29 is 19.4 Å². The summed E-state index contributed by atoms with van der Waals surface area (Å²) < 4.78 is 10.6. The zero-order chi connectivity index (χ0) is 21.0. The summed E-state index contributed by atoms with van der Waals surface area (Å²) >= 11 is 6.33. The second-order valence-corrected chi connectivity index (χ2v) is 7.62. The Labute approximate surface area is 176 Å². The van der Waals surface area contributed by atoms with Crippen molar-refractivity contribution in [2.45, 2.75) is 38.3 Å². The van der Waals surface area contributed by atoms with Crippen LogP contribution in [-0.2, 0) is 17.6 Å². The maximum Gasteiger partial charge on any atom is 0.224 e. The van der Waals surface area contributed by atoms with Gasteiger partial charge in [-0.25, -0.2) is 0 Å². The number of rotatable bonds is 8. The molecule has 156 valence electrons. The third-order valence-electron chi connectivity index (χ3n) is 5.22. The Bertz CT molecular complexity index is 887. The number of benzene rings is 2. The molecule has 7 heteroatoms. The van der Waals surface area contributed by atoms with Gasteiger partial charge in [0.25, 0.3) is 0 Å². The van der Waals surface area contributed by atoms with Gasteiger partial charge in [-0.2, -0.15) is 0 Å². The van der Waals surface area contributed by atoms with Crippen LogP contribution in [0, 0.1) is 0 Å². The Hall–Kier alpha value is -2.28. The molecule has 0 saturated carbocycles. The Morgan fingerprint density at radius 2 is 1.93 bits per heavy atom. The number of hydrogen-bond donors (Lipinski definition) is 3. The highest BCUT2D eigenvalue weighted by molar-refractivity contribution is 6.34. The highest BCUT2D eigenvalue weighted by Crippen LogP contribution is 2.34. The molecule has 1 heterocycles. The van der Waals surface area contributed by atoms with Gasteiger partial charge in [-0.05, 0) is 61.2 Å². The van der Waals surface area contributed by atoms with Gasteiger partial charge >= 0.3 is 0 Å². The van der Waals surface area contributed by atoms with Crippen molar-refractivity contribution in [2.24, 2.45) is 0 Å². The van der Waals surface area contributed by atoms with E-state index in [0.717, 1.165) is 23.1 Å². The third kappa shape index (κ3) is 5.01. The van der Waals surface area contributed by atoms with Crippen molar-refractivity contribution in [1.29, 1.82) is 0 Å². The van der Waals surface area contributed by atoms with Crippen LogP contribution in [0.3, 0.4) is 0 Å². The summed E-state index contributed by atoms with van der Waals surface area (Å²) in [5.74, 6) is 1.38. The van der Waals surface area contributed by atoms with Crippen LogP contribution in [0.4, 0.5) is 5.69 Å². The Kier molecular flexibility index (Phi) is 7.00. The van der Waals surface area contributed by atoms with Gasteiger partial charge in [0.05, 0.1) is 31.0 Å². The minimum Gasteiger partial charge on any atom is -0.493 e. The molecular formula is C22H27ClN2O4. The van der Waals surface area contributed by atoms with Gasteiger partial charge in [-0.3, -0.25) is 4.79 Å². The van der Waals surface area contributed by atoms with Crippen molar-refractivity contribution in [3.63, 3.8) is 0 Å². The molecule has 1 aliphatic heterocycles. The van der Waals surface area contributed by atoms with Crippen LogP contribution < -0.4 is 20.1 Å². The summed E-state index contributed by atoms with van der Waals surface area (Å²) in [5.41, 5.74) is 3.48. The second kappa shape index (κ2) is 9.48. The molecular weight excluding hydrogens is 392 g/mol. The molecule has 1 amide bonds. The van der Waals surface area contributed by atoms with Crippen LogP contribution in [0.1, 0.15) is 36.1 Å². The van der Waals surface area contributed by atoms with Crippen molar-refractivity contribution in [3.05, 3.63) is 52.0 Å². The summed E-state index contributed by atoms with van der Waals surface area (Å²) in [6.07, 6.45) is 1.14. The number of methoxy groups -OCH3 is 2. The molecule has 3 N–H and O–H groups in total. The second-order valence-electron chi connectivity index (χ2n) is 7.21. The van der Waals surface area contributed by atoms with E-state index in [1.165, 1.54) is 0 Å². The minimum absolute atomic E-state index is 0.0297. The molecule has 2 aromatic carbocycles. The lowest BCUT2D eigenvalue weighted by atomic mass is 9.96. The standard InChI is InChI=1S/C22H27ClN2O4/c1-13(24-9-8-14-4-6-18(28-2)19(10-14)29-3)22(27)16-11-15-5-7-20(26)25-21(15)17(23)12-16/h4,6,10-13,22,24,27H,5,7-9H2,1-3H3,(H,25,26). The number of nitrogens with one attached hydrogen (secondary N) is 2. The summed E-state index contributed by atoms with van der Waals surface area (Å²) in [7, 11) is 3.23. The average Bonchev–Trinajstić information content (AvgIpc) is 2.73. The monoisotopic (exact) mass is 418 g/mol. The van der Waals surface area contributed by atoms with E-state index in [0.29, 0.717) is 41.6 Å². The molecule has 0 saturated heterocycles. The first-order chi connectivity index (χ1) is 13.9. The fourth-order valence-corrected chi connectivity index (χ4v) is 3.82. The van der Waals surface area contributed by atoms with Crippen LogP contribution in [-0.4, -0.2) is 37.8 Å². The number of hydrogen-bond acceptors (Lipinski definition) is 5. The molecule has 2 aromatic rings. The number of amides is 1. The lowest BCUT2D eigenvalue weighted by molar-refractivity contribution is -0.116. The Morgan fingerprint density at radius 1 is 1.17 bits per heavy atom. The zero-order valence-electron chi connectivity index (χ0n) is 16.9. The maximum atomic E-state index is 11.6. The molecule has 2 atom stereocenters. The van der Waals surface area contributed by atoms with E-state index in [1.807, 2.05) is 31.2 Å².